The lowest BCUT2D eigenvalue weighted by molar-refractivity contribution is -0.145. The fraction of sp³-hybridized carbons (Fsp3) is 0.692. The van der Waals surface area contributed by atoms with Crippen molar-refractivity contribution in [3.8, 4) is 0 Å². The van der Waals surface area contributed by atoms with Crippen LogP contribution in [0, 0.1) is 6.92 Å². The number of amides is 1. The molecule has 1 amide bonds. The Morgan fingerprint density at radius 3 is 2.71 bits per heavy atom. The molecule has 0 radical (unpaired) electrons. The summed E-state index contributed by atoms with van der Waals surface area (Å²) in [6, 6.07) is 0. The zero-order valence-corrected chi connectivity index (χ0v) is 12.6. The normalized spacial score (nSPS) is 14.2. The van der Waals surface area contributed by atoms with Crippen molar-refractivity contribution in [2.75, 3.05) is 13.6 Å². The van der Waals surface area contributed by atoms with Gasteiger partial charge in [-0.25, -0.2) is 19.6 Å². The van der Waals surface area contributed by atoms with Gasteiger partial charge in [-0.2, -0.15) is 0 Å². The summed E-state index contributed by atoms with van der Waals surface area (Å²) in [5.41, 5.74) is -1.35. The predicted octanol–water partition coefficient (Wildman–Crippen LogP) is 0.917. The quantitative estimate of drug-likeness (QED) is 0.324. The van der Waals surface area contributed by atoms with E-state index in [9.17, 15) is 13.6 Å². The standard InChI is InChI=1S/C13H23F2N5O/c1-4-5-6-18-13(11(14)15,12(21)19(3)16)8-20-9-17-7-10(20)2/h7,9,11,18H,4-6,8,16H2,1-3H3. The van der Waals surface area contributed by atoms with Crippen molar-refractivity contribution in [3.05, 3.63) is 18.2 Å². The lowest BCUT2D eigenvalue weighted by Crippen LogP contribution is -2.65. The summed E-state index contributed by atoms with van der Waals surface area (Å²) >= 11 is 0. The number of rotatable bonds is 8. The Bertz CT molecular complexity index is 463. The third-order valence-electron chi connectivity index (χ3n) is 3.39. The number of unbranched alkanes of at least 4 members (excludes halogenated alkanes) is 1. The summed E-state index contributed by atoms with van der Waals surface area (Å²) in [7, 11) is 1.27. The average molecular weight is 303 g/mol. The van der Waals surface area contributed by atoms with Crippen molar-refractivity contribution >= 4 is 5.91 Å². The number of hydrogen-bond acceptors (Lipinski definition) is 4. The highest BCUT2D eigenvalue weighted by atomic mass is 19.3. The Morgan fingerprint density at radius 1 is 1.62 bits per heavy atom. The van der Waals surface area contributed by atoms with Gasteiger partial charge in [0.05, 0.1) is 12.9 Å². The van der Waals surface area contributed by atoms with Gasteiger partial charge in [0.25, 0.3) is 12.3 Å². The van der Waals surface area contributed by atoms with Crippen molar-refractivity contribution in [1.82, 2.24) is 19.9 Å². The molecule has 21 heavy (non-hydrogen) atoms. The minimum absolute atomic E-state index is 0.222. The minimum atomic E-state index is -2.89. The lowest BCUT2D eigenvalue weighted by atomic mass is 9.97. The summed E-state index contributed by atoms with van der Waals surface area (Å²) in [6.45, 7) is 3.78. The predicted molar refractivity (Wildman–Crippen MR) is 75.6 cm³/mol. The number of imidazole rings is 1. The van der Waals surface area contributed by atoms with Crippen LogP contribution in [0.15, 0.2) is 12.5 Å². The number of carbonyl (C=O) groups is 1. The van der Waals surface area contributed by atoms with Gasteiger partial charge in [-0.3, -0.25) is 15.1 Å². The second-order valence-electron chi connectivity index (χ2n) is 5.13. The fourth-order valence-corrected chi connectivity index (χ4v) is 2.06. The van der Waals surface area contributed by atoms with E-state index in [2.05, 4.69) is 10.3 Å². The molecular weight excluding hydrogens is 280 g/mol. The summed E-state index contributed by atoms with van der Waals surface area (Å²) < 4.78 is 29.0. The first-order chi connectivity index (χ1) is 9.85. The Kier molecular flexibility index (Phi) is 6.22. The molecule has 3 N–H and O–H groups in total. The molecule has 8 heteroatoms. The maximum absolute atomic E-state index is 13.7. The van der Waals surface area contributed by atoms with E-state index in [1.807, 2.05) is 6.92 Å². The zero-order chi connectivity index (χ0) is 16.0. The van der Waals surface area contributed by atoms with Crippen LogP contribution >= 0.6 is 0 Å². The van der Waals surface area contributed by atoms with E-state index in [0.717, 1.165) is 6.42 Å². The number of likely N-dealkylation sites (N-methyl/N-ethyl adjacent to an activating group) is 1. The van der Waals surface area contributed by atoms with Gasteiger partial charge in [-0.1, -0.05) is 13.3 Å². The van der Waals surface area contributed by atoms with Crippen LogP contribution in [0.3, 0.4) is 0 Å². The Morgan fingerprint density at radius 2 is 2.29 bits per heavy atom. The van der Waals surface area contributed by atoms with E-state index in [1.54, 1.807) is 13.1 Å². The van der Waals surface area contributed by atoms with Crippen LogP contribution in [0.1, 0.15) is 25.5 Å². The second-order valence-corrected chi connectivity index (χ2v) is 5.13. The van der Waals surface area contributed by atoms with Crippen LogP contribution < -0.4 is 11.2 Å². The third kappa shape index (κ3) is 3.98. The van der Waals surface area contributed by atoms with Crippen molar-refractivity contribution < 1.29 is 13.6 Å². The molecule has 1 aromatic rings. The number of aryl methyl sites for hydroxylation is 1. The number of aromatic nitrogens is 2. The molecule has 1 unspecified atom stereocenters. The summed E-state index contributed by atoms with van der Waals surface area (Å²) in [5.74, 6) is 4.57. The molecule has 1 rings (SSSR count). The highest BCUT2D eigenvalue weighted by Gasteiger charge is 2.48. The second kappa shape index (κ2) is 7.46. The Balaban J connectivity index is 3.10. The molecule has 0 aromatic carbocycles. The molecule has 0 aliphatic carbocycles. The topological polar surface area (TPSA) is 76.2 Å². The van der Waals surface area contributed by atoms with Crippen molar-refractivity contribution in [1.29, 1.82) is 0 Å². The molecule has 120 valence electrons. The monoisotopic (exact) mass is 303 g/mol. The average Bonchev–Trinajstić information content (AvgIpc) is 2.81. The van der Waals surface area contributed by atoms with Gasteiger partial charge in [0, 0.05) is 18.9 Å². The van der Waals surface area contributed by atoms with Crippen molar-refractivity contribution in [2.24, 2.45) is 5.84 Å². The molecule has 0 aliphatic rings. The number of nitrogens with zero attached hydrogens (tertiary/aromatic N) is 3. The molecule has 6 nitrogen and oxygen atoms in total. The highest BCUT2D eigenvalue weighted by molar-refractivity contribution is 5.86. The third-order valence-corrected chi connectivity index (χ3v) is 3.39. The molecule has 0 saturated heterocycles. The molecule has 0 aliphatic heterocycles. The van der Waals surface area contributed by atoms with Gasteiger partial charge in [-0.05, 0) is 19.9 Å². The van der Waals surface area contributed by atoms with Crippen LogP contribution in [-0.2, 0) is 11.3 Å². The van der Waals surface area contributed by atoms with Crippen molar-refractivity contribution in [2.45, 2.75) is 45.2 Å². The van der Waals surface area contributed by atoms with E-state index in [1.165, 1.54) is 17.9 Å². The first-order valence-electron chi connectivity index (χ1n) is 6.88. The molecule has 0 saturated carbocycles. The number of nitrogens with one attached hydrogen (secondary N) is 1. The van der Waals surface area contributed by atoms with Gasteiger partial charge in [-0.15, -0.1) is 0 Å². The van der Waals surface area contributed by atoms with E-state index in [0.29, 0.717) is 23.7 Å². The van der Waals surface area contributed by atoms with E-state index in [4.69, 9.17) is 5.84 Å². The van der Waals surface area contributed by atoms with Crippen LogP contribution in [0.5, 0.6) is 0 Å². The number of nitrogens with two attached hydrogens (primary N) is 1. The van der Waals surface area contributed by atoms with E-state index < -0.39 is 17.9 Å². The highest BCUT2D eigenvalue weighted by Crippen LogP contribution is 2.22. The molecule has 0 spiro atoms. The number of carbonyl (C=O) groups excluding carboxylic acids is 1. The molecule has 1 heterocycles. The first kappa shape index (κ1) is 17.5. The molecule has 1 aromatic heterocycles. The smallest absolute Gasteiger partial charge is 0.267 e. The number of alkyl halides is 2. The Labute approximate surface area is 123 Å². The largest absolute Gasteiger partial charge is 0.332 e. The fourth-order valence-electron chi connectivity index (χ4n) is 2.06. The van der Waals surface area contributed by atoms with Gasteiger partial charge >= 0.3 is 0 Å². The van der Waals surface area contributed by atoms with E-state index in [-0.39, 0.29) is 6.54 Å². The molecule has 0 bridgehead atoms. The van der Waals surface area contributed by atoms with E-state index >= 15 is 0 Å². The molecule has 0 fully saturated rings. The van der Waals surface area contributed by atoms with Crippen LogP contribution in [0.2, 0.25) is 0 Å². The SMILES string of the molecule is CCCCNC(Cn1cncc1C)(C(=O)N(C)N)C(F)F. The maximum atomic E-state index is 13.7. The van der Waals surface area contributed by atoms with Crippen LogP contribution in [0.25, 0.3) is 0 Å². The summed E-state index contributed by atoms with van der Waals surface area (Å²) in [4.78, 5) is 16.2. The van der Waals surface area contributed by atoms with Gasteiger partial charge < -0.3 is 4.57 Å². The molecular formula is C13H23F2N5O. The number of halogens is 2. The molecule has 1 atom stereocenters. The first-order valence-corrected chi connectivity index (χ1v) is 6.88. The number of hydrazine groups is 1. The van der Waals surface area contributed by atoms with Crippen LogP contribution in [-0.4, -0.2) is 46.0 Å². The summed E-state index contributed by atoms with van der Waals surface area (Å²) in [5, 5.41) is 3.42. The van der Waals surface area contributed by atoms with Gasteiger partial charge in [0.15, 0.2) is 5.54 Å². The summed E-state index contributed by atoms with van der Waals surface area (Å²) in [6.07, 6.45) is 1.62. The maximum Gasteiger partial charge on any atom is 0.267 e. The number of hydrogen-bond donors (Lipinski definition) is 2. The van der Waals surface area contributed by atoms with Gasteiger partial charge in [0.2, 0.25) is 0 Å². The minimum Gasteiger partial charge on any atom is -0.332 e. The Hall–Kier alpha value is -1.54. The van der Waals surface area contributed by atoms with Crippen LogP contribution in [0.4, 0.5) is 8.78 Å². The lowest BCUT2D eigenvalue weighted by Gasteiger charge is -2.35. The van der Waals surface area contributed by atoms with Crippen molar-refractivity contribution in [3.63, 3.8) is 0 Å². The zero-order valence-electron chi connectivity index (χ0n) is 12.6. The van der Waals surface area contributed by atoms with Gasteiger partial charge in [0.1, 0.15) is 0 Å².